The lowest BCUT2D eigenvalue weighted by molar-refractivity contribution is 0.0565. The summed E-state index contributed by atoms with van der Waals surface area (Å²) < 4.78 is 8.87. The lowest BCUT2D eigenvalue weighted by atomic mass is 10.4. The Morgan fingerprint density at radius 2 is 2.14 bits per heavy atom. The van der Waals surface area contributed by atoms with Crippen molar-refractivity contribution in [3.63, 3.8) is 0 Å². The van der Waals surface area contributed by atoms with E-state index in [1.54, 1.807) is 0 Å². The van der Waals surface area contributed by atoms with Crippen molar-refractivity contribution in [1.82, 2.24) is 0 Å². The molecule has 1 aromatic heterocycles. The van der Waals surface area contributed by atoms with Crippen molar-refractivity contribution < 1.29 is 19.2 Å². The molecule has 0 spiro atoms. The third kappa shape index (κ3) is 1.78. The minimum absolute atomic E-state index is 0.289. The van der Waals surface area contributed by atoms with E-state index in [1.165, 1.54) is 0 Å². The summed E-state index contributed by atoms with van der Waals surface area (Å²) in [4.78, 5) is 11.0. The molecule has 0 aliphatic rings. The van der Waals surface area contributed by atoms with Crippen molar-refractivity contribution in [3.8, 4) is 0 Å². The smallest absolute Gasteiger partial charge is 0.375 e. The van der Waals surface area contributed by atoms with Gasteiger partial charge in [0.05, 0.1) is 7.11 Å². The minimum Gasteiger partial charge on any atom is -0.731 e. The summed E-state index contributed by atoms with van der Waals surface area (Å²) in [5, 5.41) is 17.6. The van der Waals surface area contributed by atoms with Crippen LogP contribution >= 0.6 is 23.2 Å². The van der Waals surface area contributed by atoms with E-state index in [4.69, 9.17) is 28.4 Å². The monoisotopic (exact) mass is 240 g/mol. The van der Waals surface area contributed by atoms with E-state index < -0.39 is 22.8 Å². The number of esters is 1. The van der Waals surface area contributed by atoms with Gasteiger partial charge in [-0.1, -0.05) is 23.2 Å². The highest BCUT2D eigenvalue weighted by atomic mass is 35.5. The molecule has 0 amide bonds. The molecule has 0 aliphatic carbocycles. The molecular weight excluding hydrogens is 237 g/mol. The summed E-state index contributed by atoms with van der Waals surface area (Å²) in [6.07, 6.45) is 0. The molecule has 6 nitrogen and oxygen atoms in total. The van der Waals surface area contributed by atoms with Crippen molar-refractivity contribution in [3.05, 3.63) is 21.0 Å². The number of furan rings is 1. The van der Waals surface area contributed by atoms with Crippen molar-refractivity contribution in [1.29, 1.82) is 0 Å². The quantitative estimate of drug-likeness (QED) is 0.629. The molecule has 8 heteroatoms. The van der Waals surface area contributed by atoms with Crippen LogP contribution < -0.4 is 5.23 Å². The fourth-order valence-electron chi connectivity index (χ4n) is 0.727. The van der Waals surface area contributed by atoms with Gasteiger partial charge in [-0.3, -0.25) is 10.4 Å². The SMILES string of the molecule is COC(=O)c1oc(N([O-])O)c(Cl)c1Cl. The second-order valence-corrected chi connectivity index (χ2v) is 2.88. The molecular formula is C6H4Cl2NO5-. The Bertz CT molecular complexity index is 361. The summed E-state index contributed by atoms with van der Waals surface area (Å²) in [6, 6.07) is 0. The molecule has 1 rings (SSSR count). The van der Waals surface area contributed by atoms with Gasteiger partial charge in [0.25, 0.3) is 0 Å². The van der Waals surface area contributed by atoms with Gasteiger partial charge in [0.1, 0.15) is 10.0 Å². The highest BCUT2D eigenvalue weighted by Crippen LogP contribution is 2.37. The lowest BCUT2D eigenvalue weighted by Crippen LogP contribution is -2.06. The maximum Gasteiger partial charge on any atom is 0.375 e. The standard InChI is InChI=1S/C6H4Cl2NO5/c1-13-6(10)4-2(7)3(8)5(14-4)9(11)12/h11H,1H3/q-1. The number of methoxy groups -OCH3 is 1. The number of halogens is 2. The number of hydrogen-bond acceptors (Lipinski definition) is 6. The van der Waals surface area contributed by atoms with Gasteiger partial charge in [-0.25, -0.2) is 4.79 Å². The predicted octanol–water partition coefficient (Wildman–Crippen LogP) is 2.07. The zero-order valence-electron chi connectivity index (χ0n) is 6.78. The van der Waals surface area contributed by atoms with Crippen LogP contribution in [0.5, 0.6) is 0 Å². The Kier molecular flexibility index (Phi) is 3.22. The van der Waals surface area contributed by atoms with Gasteiger partial charge >= 0.3 is 5.97 Å². The number of carbonyl (C=O) groups is 1. The third-order valence-corrected chi connectivity index (χ3v) is 2.13. The molecule has 0 saturated heterocycles. The average Bonchev–Trinajstić information content (AvgIpc) is 2.43. The fraction of sp³-hybridized carbons (Fsp3) is 0.167. The Morgan fingerprint density at radius 3 is 2.50 bits per heavy atom. The first-order valence-electron chi connectivity index (χ1n) is 3.21. The molecule has 0 fully saturated rings. The zero-order valence-corrected chi connectivity index (χ0v) is 8.30. The second-order valence-electron chi connectivity index (χ2n) is 2.13. The maximum atomic E-state index is 11.0. The van der Waals surface area contributed by atoms with Gasteiger partial charge in [0.15, 0.2) is 0 Å². The summed E-state index contributed by atoms with van der Waals surface area (Å²) in [7, 11) is 1.10. The van der Waals surface area contributed by atoms with Crippen molar-refractivity contribution in [2.24, 2.45) is 0 Å². The van der Waals surface area contributed by atoms with E-state index in [9.17, 15) is 10.0 Å². The second kappa shape index (κ2) is 4.05. The minimum atomic E-state index is -0.898. The lowest BCUT2D eigenvalue weighted by Gasteiger charge is -2.17. The van der Waals surface area contributed by atoms with E-state index in [1.807, 2.05) is 0 Å². The summed E-state index contributed by atoms with van der Waals surface area (Å²) in [6.45, 7) is 0. The molecule has 78 valence electrons. The van der Waals surface area contributed by atoms with Gasteiger partial charge in [-0.15, -0.1) is 0 Å². The van der Waals surface area contributed by atoms with E-state index >= 15 is 0 Å². The fourth-order valence-corrected chi connectivity index (χ4v) is 1.12. The van der Waals surface area contributed by atoms with Crippen molar-refractivity contribution in [2.45, 2.75) is 0 Å². The number of hydrogen-bond donors (Lipinski definition) is 1. The van der Waals surface area contributed by atoms with Crippen LogP contribution in [-0.2, 0) is 4.74 Å². The van der Waals surface area contributed by atoms with Crippen LogP contribution in [0, 0.1) is 5.21 Å². The van der Waals surface area contributed by atoms with Gasteiger partial charge < -0.3 is 14.4 Å². The number of ether oxygens (including phenoxy) is 1. The first kappa shape index (κ1) is 11.1. The Hall–Kier alpha value is -0.950. The summed E-state index contributed by atoms with van der Waals surface area (Å²) in [5.41, 5.74) is 0. The Balaban J connectivity index is 3.21. The summed E-state index contributed by atoms with van der Waals surface area (Å²) in [5.74, 6) is -2.01. The zero-order chi connectivity index (χ0) is 10.9. The molecule has 14 heavy (non-hydrogen) atoms. The van der Waals surface area contributed by atoms with E-state index in [0.29, 0.717) is 0 Å². The van der Waals surface area contributed by atoms with E-state index in [-0.39, 0.29) is 10.0 Å². The first-order valence-corrected chi connectivity index (χ1v) is 3.96. The van der Waals surface area contributed by atoms with E-state index in [2.05, 4.69) is 9.15 Å². The van der Waals surface area contributed by atoms with Crippen LogP contribution in [0.2, 0.25) is 10.0 Å². The van der Waals surface area contributed by atoms with Crippen LogP contribution in [0.3, 0.4) is 0 Å². The van der Waals surface area contributed by atoms with Gasteiger partial charge in [0.2, 0.25) is 11.6 Å². The topological polar surface area (TPSA) is 86.0 Å². The first-order chi connectivity index (χ1) is 6.49. The highest BCUT2D eigenvalue weighted by molar-refractivity contribution is 6.45. The molecule has 0 aliphatic heterocycles. The maximum absolute atomic E-state index is 11.0. The van der Waals surface area contributed by atoms with Crippen LogP contribution in [0.15, 0.2) is 4.42 Å². The van der Waals surface area contributed by atoms with Crippen LogP contribution in [0.25, 0.3) is 0 Å². The van der Waals surface area contributed by atoms with Gasteiger partial charge in [0, 0.05) is 0 Å². The Labute approximate surface area is 88.1 Å². The molecule has 0 bridgehead atoms. The number of rotatable bonds is 2. The number of carbonyl (C=O) groups excluding carboxylic acids is 1. The normalized spacial score (nSPS) is 10.1. The number of nitrogens with zero attached hydrogens (tertiary/aromatic N) is 1. The largest absolute Gasteiger partial charge is 0.731 e. The molecule has 1 heterocycles. The predicted molar refractivity (Wildman–Crippen MR) is 47.7 cm³/mol. The number of anilines is 1. The summed E-state index contributed by atoms with van der Waals surface area (Å²) >= 11 is 11.0. The Morgan fingerprint density at radius 1 is 1.57 bits per heavy atom. The van der Waals surface area contributed by atoms with Gasteiger partial charge in [-0.05, 0) is 0 Å². The molecule has 0 saturated carbocycles. The van der Waals surface area contributed by atoms with Crippen LogP contribution in [0.1, 0.15) is 10.6 Å². The molecule has 1 N–H and O–H groups in total. The van der Waals surface area contributed by atoms with Crippen LogP contribution in [-0.4, -0.2) is 18.3 Å². The van der Waals surface area contributed by atoms with E-state index in [0.717, 1.165) is 7.11 Å². The van der Waals surface area contributed by atoms with Crippen LogP contribution in [0.4, 0.5) is 5.88 Å². The molecule has 0 aromatic carbocycles. The highest BCUT2D eigenvalue weighted by Gasteiger charge is 2.23. The molecule has 0 unspecified atom stereocenters. The average molecular weight is 241 g/mol. The molecule has 1 aromatic rings. The van der Waals surface area contributed by atoms with Gasteiger partial charge in [-0.2, -0.15) is 0 Å². The third-order valence-electron chi connectivity index (χ3n) is 1.32. The van der Waals surface area contributed by atoms with Crippen molar-refractivity contribution >= 4 is 35.1 Å². The van der Waals surface area contributed by atoms with Crippen molar-refractivity contribution in [2.75, 3.05) is 12.3 Å². The molecule has 0 radical (unpaired) electrons. The molecule has 0 atom stereocenters.